The first-order valence-electron chi connectivity index (χ1n) is 9.06. The Morgan fingerprint density at radius 2 is 2.00 bits per heavy atom. The first-order valence-corrected chi connectivity index (χ1v) is 9.88. The van der Waals surface area contributed by atoms with E-state index < -0.39 is 5.91 Å². The molecule has 0 saturated heterocycles. The largest absolute Gasteiger partial charge is 0.402 e. The minimum absolute atomic E-state index is 0.219. The standard InChI is InChI=1S/C20H19N7O2S/c1-26-16-14(17-19(26)25-15(30-17)8-13(22)6-7-21)9-24-27(20(16)29)10-11-2-4-12(5-3-11)18(23)28/h2-7,9,21H,8,10,22H2,1H3,(H2,23,28). The fraction of sp³-hybridized carbons (Fsp3) is 0.150. The molecule has 1 aromatic carbocycles. The molecule has 3 aromatic heterocycles. The normalized spacial score (nSPS) is 12.0. The number of amides is 1. The molecule has 1 amide bonds. The molecular weight excluding hydrogens is 402 g/mol. The van der Waals surface area contributed by atoms with Gasteiger partial charge in [-0.1, -0.05) is 12.1 Å². The number of aryl methyl sites for hydroxylation is 1. The van der Waals surface area contributed by atoms with Crippen molar-refractivity contribution >= 4 is 44.7 Å². The molecule has 0 aliphatic carbocycles. The summed E-state index contributed by atoms with van der Waals surface area (Å²) in [6, 6.07) is 6.76. The van der Waals surface area contributed by atoms with E-state index in [9.17, 15) is 9.59 Å². The van der Waals surface area contributed by atoms with Crippen molar-refractivity contribution in [1.29, 1.82) is 5.41 Å². The lowest BCUT2D eigenvalue weighted by molar-refractivity contribution is 0.100. The summed E-state index contributed by atoms with van der Waals surface area (Å²) >= 11 is 1.46. The highest BCUT2D eigenvalue weighted by Crippen LogP contribution is 2.31. The maximum atomic E-state index is 13.1. The number of nitrogens with one attached hydrogen (secondary N) is 1. The third-order valence-electron chi connectivity index (χ3n) is 4.79. The molecule has 0 atom stereocenters. The number of aromatic nitrogens is 4. The van der Waals surface area contributed by atoms with Gasteiger partial charge in [-0.2, -0.15) is 5.10 Å². The smallest absolute Gasteiger partial charge is 0.291 e. The number of hydrogen-bond donors (Lipinski definition) is 3. The van der Waals surface area contributed by atoms with Crippen LogP contribution < -0.4 is 17.0 Å². The van der Waals surface area contributed by atoms with Gasteiger partial charge in [0.05, 0.1) is 17.4 Å². The molecular formula is C20H19N7O2S. The topological polar surface area (TPSA) is 146 Å². The number of benzene rings is 1. The number of nitrogens with zero attached hydrogens (tertiary/aromatic N) is 4. The number of fused-ring (bicyclic) bond motifs is 3. The van der Waals surface area contributed by atoms with E-state index in [0.717, 1.165) is 26.9 Å². The molecule has 0 aliphatic rings. The van der Waals surface area contributed by atoms with Gasteiger partial charge in [-0.15, -0.1) is 11.3 Å². The van der Waals surface area contributed by atoms with E-state index in [2.05, 4.69) is 10.1 Å². The lowest BCUT2D eigenvalue weighted by Crippen LogP contribution is -2.24. The second-order valence-corrected chi connectivity index (χ2v) is 7.92. The summed E-state index contributed by atoms with van der Waals surface area (Å²) in [5.41, 5.74) is 14.0. The van der Waals surface area contributed by atoms with Crippen molar-refractivity contribution in [2.24, 2.45) is 18.5 Å². The average molecular weight is 421 g/mol. The van der Waals surface area contributed by atoms with Crippen LogP contribution in [0.3, 0.4) is 0 Å². The van der Waals surface area contributed by atoms with E-state index in [-0.39, 0.29) is 12.1 Å². The highest BCUT2D eigenvalue weighted by atomic mass is 32.1. The Labute approximate surface area is 174 Å². The molecule has 0 radical (unpaired) electrons. The minimum Gasteiger partial charge on any atom is -0.402 e. The van der Waals surface area contributed by atoms with Crippen molar-refractivity contribution in [3.8, 4) is 0 Å². The molecule has 4 rings (SSSR count). The molecule has 0 fully saturated rings. The van der Waals surface area contributed by atoms with Crippen LogP contribution in [0.5, 0.6) is 0 Å². The van der Waals surface area contributed by atoms with Crippen LogP contribution in [0.25, 0.3) is 21.3 Å². The van der Waals surface area contributed by atoms with Gasteiger partial charge in [0.1, 0.15) is 10.5 Å². The molecule has 0 unspecified atom stereocenters. The third kappa shape index (κ3) is 3.37. The van der Waals surface area contributed by atoms with Crippen LogP contribution in [0, 0.1) is 5.41 Å². The molecule has 0 spiro atoms. The summed E-state index contributed by atoms with van der Waals surface area (Å²) < 4.78 is 4.04. The second kappa shape index (κ2) is 7.56. The maximum Gasteiger partial charge on any atom is 0.291 e. The van der Waals surface area contributed by atoms with Gasteiger partial charge in [0, 0.05) is 36.3 Å². The molecule has 4 aromatic rings. The molecule has 9 nitrogen and oxygen atoms in total. The summed E-state index contributed by atoms with van der Waals surface area (Å²) in [5.74, 6) is -0.496. The average Bonchev–Trinajstić information content (AvgIpc) is 3.23. The Balaban J connectivity index is 1.72. The van der Waals surface area contributed by atoms with Crippen LogP contribution in [-0.2, 0) is 20.0 Å². The molecule has 3 heterocycles. The van der Waals surface area contributed by atoms with E-state index in [4.69, 9.17) is 16.9 Å². The minimum atomic E-state index is -0.496. The number of carbonyl (C=O) groups is 1. The van der Waals surface area contributed by atoms with Crippen LogP contribution in [-0.4, -0.2) is 31.5 Å². The fourth-order valence-electron chi connectivity index (χ4n) is 3.31. The first-order chi connectivity index (χ1) is 14.4. The Morgan fingerprint density at radius 3 is 2.67 bits per heavy atom. The summed E-state index contributed by atoms with van der Waals surface area (Å²) in [5, 5.41) is 13.0. The van der Waals surface area contributed by atoms with Crippen molar-refractivity contribution in [3.05, 3.63) is 68.7 Å². The number of nitrogens with two attached hydrogens (primary N) is 2. The van der Waals surface area contributed by atoms with E-state index in [1.54, 1.807) is 42.1 Å². The van der Waals surface area contributed by atoms with Gasteiger partial charge in [-0.3, -0.25) is 9.59 Å². The second-order valence-electron chi connectivity index (χ2n) is 6.84. The van der Waals surface area contributed by atoms with E-state index in [0.29, 0.717) is 28.8 Å². The van der Waals surface area contributed by atoms with Gasteiger partial charge in [-0.25, -0.2) is 9.67 Å². The van der Waals surface area contributed by atoms with Crippen LogP contribution in [0.1, 0.15) is 20.9 Å². The zero-order chi connectivity index (χ0) is 21.4. The SMILES string of the molecule is Cn1c2nc(CC(N)=CC=N)sc2c2cnn(Cc3ccc(C(N)=O)cc3)c(=O)c21. The number of primary amides is 1. The Hall–Kier alpha value is -3.79. The van der Waals surface area contributed by atoms with Gasteiger partial charge in [0.15, 0.2) is 5.65 Å². The third-order valence-corrected chi connectivity index (χ3v) is 5.87. The maximum absolute atomic E-state index is 13.1. The quantitative estimate of drug-likeness (QED) is 0.404. The molecule has 10 heteroatoms. The zero-order valence-corrected chi connectivity index (χ0v) is 16.9. The monoisotopic (exact) mass is 421 g/mol. The summed E-state index contributed by atoms with van der Waals surface area (Å²) in [4.78, 5) is 28.9. The number of allylic oxidation sites excluding steroid dienone is 2. The van der Waals surface area contributed by atoms with Crippen molar-refractivity contribution in [3.63, 3.8) is 0 Å². The Bertz CT molecular complexity index is 1380. The number of rotatable bonds is 6. The van der Waals surface area contributed by atoms with Gasteiger partial charge in [-0.05, 0) is 23.8 Å². The summed E-state index contributed by atoms with van der Waals surface area (Å²) in [7, 11) is 1.80. The molecule has 152 valence electrons. The number of hydrogen-bond acceptors (Lipinski definition) is 7. The Morgan fingerprint density at radius 1 is 1.27 bits per heavy atom. The highest BCUT2D eigenvalue weighted by molar-refractivity contribution is 7.19. The Kier molecular flexibility index (Phi) is 4.92. The van der Waals surface area contributed by atoms with Crippen molar-refractivity contribution < 1.29 is 4.79 Å². The van der Waals surface area contributed by atoms with Crippen molar-refractivity contribution in [1.82, 2.24) is 19.3 Å². The van der Waals surface area contributed by atoms with Crippen LogP contribution in [0.4, 0.5) is 0 Å². The zero-order valence-electron chi connectivity index (χ0n) is 16.1. The first kappa shape index (κ1) is 19.5. The highest BCUT2D eigenvalue weighted by Gasteiger charge is 2.18. The number of carbonyl (C=O) groups excluding carboxylic acids is 1. The molecule has 30 heavy (non-hydrogen) atoms. The molecule has 0 aliphatic heterocycles. The molecule has 5 N–H and O–H groups in total. The predicted molar refractivity (Wildman–Crippen MR) is 117 cm³/mol. The van der Waals surface area contributed by atoms with Crippen LogP contribution in [0.15, 0.2) is 47.0 Å². The molecule has 0 saturated carbocycles. The van der Waals surface area contributed by atoms with E-state index >= 15 is 0 Å². The lowest BCUT2D eigenvalue weighted by atomic mass is 10.1. The van der Waals surface area contributed by atoms with Crippen LogP contribution in [0.2, 0.25) is 0 Å². The van der Waals surface area contributed by atoms with Crippen molar-refractivity contribution in [2.45, 2.75) is 13.0 Å². The predicted octanol–water partition coefficient (Wildman–Crippen LogP) is 1.53. The number of thiazole rings is 1. The van der Waals surface area contributed by atoms with Gasteiger partial charge in [0.2, 0.25) is 5.91 Å². The van der Waals surface area contributed by atoms with E-state index in [1.165, 1.54) is 22.1 Å². The summed E-state index contributed by atoms with van der Waals surface area (Å²) in [6.07, 6.45) is 4.80. The summed E-state index contributed by atoms with van der Waals surface area (Å²) in [6.45, 7) is 0.274. The molecule has 0 bridgehead atoms. The fourth-order valence-corrected chi connectivity index (χ4v) is 4.45. The van der Waals surface area contributed by atoms with E-state index in [1.807, 2.05) is 0 Å². The lowest BCUT2D eigenvalue weighted by Gasteiger charge is -2.06. The van der Waals surface area contributed by atoms with Crippen molar-refractivity contribution in [2.75, 3.05) is 0 Å². The van der Waals surface area contributed by atoms with Gasteiger partial charge >= 0.3 is 0 Å². The van der Waals surface area contributed by atoms with Crippen LogP contribution >= 0.6 is 11.3 Å². The van der Waals surface area contributed by atoms with Gasteiger partial charge in [0.25, 0.3) is 5.56 Å². The van der Waals surface area contributed by atoms with Gasteiger partial charge < -0.3 is 21.4 Å².